The van der Waals surface area contributed by atoms with Crippen LogP contribution in [0.25, 0.3) is 0 Å². The van der Waals surface area contributed by atoms with E-state index in [-0.39, 0.29) is 17.7 Å². The Morgan fingerprint density at radius 3 is 2.83 bits per heavy atom. The summed E-state index contributed by atoms with van der Waals surface area (Å²) in [7, 11) is 0. The number of carbonyl (C=O) groups excluding carboxylic acids is 2. The summed E-state index contributed by atoms with van der Waals surface area (Å²) in [5.41, 5.74) is 0. The Morgan fingerprint density at radius 2 is 2.33 bits per heavy atom. The van der Waals surface area contributed by atoms with Crippen molar-refractivity contribution in [2.45, 2.75) is 39.2 Å². The van der Waals surface area contributed by atoms with Crippen molar-refractivity contribution in [3.8, 4) is 0 Å². The molecule has 1 fully saturated rings. The van der Waals surface area contributed by atoms with Gasteiger partial charge in [-0.1, -0.05) is 0 Å². The number of amides is 1. The van der Waals surface area contributed by atoms with E-state index in [1.54, 1.807) is 4.90 Å². The molecule has 1 saturated heterocycles. The molecule has 0 aromatic rings. The van der Waals surface area contributed by atoms with Gasteiger partial charge in [0, 0.05) is 12.5 Å². The van der Waals surface area contributed by atoms with Gasteiger partial charge in [-0.05, 0) is 26.7 Å². The second kappa shape index (κ2) is 3.70. The first kappa shape index (κ1) is 9.23. The van der Waals surface area contributed by atoms with Gasteiger partial charge in [-0.25, -0.2) is 0 Å². The molecule has 0 bridgehead atoms. The molecule has 0 radical (unpaired) electrons. The molecule has 1 rings (SSSR count). The summed E-state index contributed by atoms with van der Waals surface area (Å²) in [6.07, 6.45) is 2.60. The topological polar surface area (TPSA) is 37.4 Å². The van der Waals surface area contributed by atoms with Crippen LogP contribution in [0.1, 0.15) is 33.1 Å². The Kier molecular flexibility index (Phi) is 2.84. The number of carbonyl (C=O) groups is 2. The monoisotopic (exact) mass is 169 g/mol. The fraction of sp³-hybridized carbons (Fsp3) is 0.778. The Labute approximate surface area is 72.7 Å². The van der Waals surface area contributed by atoms with E-state index < -0.39 is 0 Å². The molecule has 0 saturated carbocycles. The average Bonchev–Trinajstić information content (AvgIpc) is 1.97. The molecule has 0 aromatic heterocycles. The Hall–Kier alpha value is -0.860. The maximum atomic E-state index is 11.3. The van der Waals surface area contributed by atoms with Crippen molar-refractivity contribution < 1.29 is 9.59 Å². The van der Waals surface area contributed by atoms with Crippen molar-refractivity contribution in [2.24, 2.45) is 0 Å². The molecule has 3 heteroatoms. The van der Waals surface area contributed by atoms with Gasteiger partial charge in [0.25, 0.3) is 0 Å². The summed E-state index contributed by atoms with van der Waals surface area (Å²) in [5.74, 6) is 0.195. The first-order valence-electron chi connectivity index (χ1n) is 4.40. The Balaban J connectivity index is 2.57. The highest BCUT2D eigenvalue weighted by atomic mass is 16.2. The molecule has 1 aliphatic rings. The maximum absolute atomic E-state index is 11.3. The smallest absolute Gasteiger partial charge is 0.223 e. The van der Waals surface area contributed by atoms with Crippen LogP contribution in [-0.2, 0) is 9.59 Å². The number of hydrogen-bond donors (Lipinski definition) is 0. The second-order valence-electron chi connectivity index (χ2n) is 3.46. The van der Waals surface area contributed by atoms with Gasteiger partial charge in [0.05, 0.1) is 6.54 Å². The molecule has 1 heterocycles. The first-order chi connectivity index (χ1) is 5.61. The van der Waals surface area contributed by atoms with Crippen LogP contribution in [0.2, 0.25) is 0 Å². The molecule has 0 aromatic carbocycles. The third-order valence-electron chi connectivity index (χ3n) is 2.26. The van der Waals surface area contributed by atoms with E-state index in [0.717, 1.165) is 12.8 Å². The van der Waals surface area contributed by atoms with Crippen molar-refractivity contribution in [2.75, 3.05) is 6.54 Å². The minimum absolute atomic E-state index is 0.0668. The van der Waals surface area contributed by atoms with Crippen molar-refractivity contribution in [1.29, 1.82) is 0 Å². The number of nitrogens with zero attached hydrogens (tertiary/aromatic N) is 1. The quantitative estimate of drug-likeness (QED) is 0.618. The lowest BCUT2D eigenvalue weighted by molar-refractivity contribution is -0.139. The number of ketones is 1. The molecule has 1 atom stereocenters. The van der Waals surface area contributed by atoms with Crippen LogP contribution in [0.5, 0.6) is 0 Å². The van der Waals surface area contributed by atoms with E-state index in [1.807, 2.05) is 6.92 Å². The first-order valence-corrected chi connectivity index (χ1v) is 4.40. The van der Waals surface area contributed by atoms with Crippen molar-refractivity contribution in [1.82, 2.24) is 4.90 Å². The standard InChI is InChI=1S/C9H15NO2/c1-7-4-3-5-9(12)10(7)6-8(2)11/h7H,3-6H2,1-2H3. The van der Waals surface area contributed by atoms with E-state index in [2.05, 4.69) is 0 Å². The lowest BCUT2D eigenvalue weighted by atomic mass is 10.0. The Bertz CT molecular complexity index is 201. The van der Waals surface area contributed by atoms with Crippen molar-refractivity contribution in [3.05, 3.63) is 0 Å². The maximum Gasteiger partial charge on any atom is 0.223 e. The summed E-state index contributed by atoms with van der Waals surface area (Å²) < 4.78 is 0. The molecule has 0 aliphatic carbocycles. The summed E-state index contributed by atoms with van der Waals surface area (Å²) in [5, 5.41) is 0. The molecule has 0 N–H and O–H groups in total. The van der Waals surface area contributed by atoms with Gasteiger partial charge in [-0.15, -0.1) is 0 Å². The summed E-state index contributed by atoms with van der Waals surface area (Å²) >= 11 is 0. The van der Waals surface area contributed by atoms with Crippen LogP contribution in [0.4, 0.5) is 0 Å². The summed E-state index contributed by atoms with van der Waals surface area (Å²) in [6, 6.07) is 0.246. The van der Waals surface area contributed by atoms with E-state index in [1.165, 1.54) is 6.92 Å². The van der Waals surface area contributed by atoms with Crippen LogP contribution in [-0.4, -0.2) is 29.2 Å². The fourth-order valence-electron chi connectivity index (χ4n) is 1.58. The summed E-state index contributed by atoms with van der Waals surface area (Å²) in [4.78, 5) is 23.8. The minimum atomic E-state index is 0.0668. The van der Waals surface area contributed by atoms with Crippen LogP contribution in [0, 0.1) is 0 Å². The molecule has 0 spiro atoms. The lowest BCUT2D eigenvalue weighted by Gasteiger charge is -2.32. The minimum Gasteiger partial charge on any atom is -0.333 e. The van der Waals surface area contributed by atoms with Gasteiger partial charge >= 0.3 is 0 Å². The van der Waals surface area contributed by atoms with Crippen LogP contribution >= 0.6 is 0 Å². The van der Waals surface area contributed by atoms with Crippen molar-refractivity contribution >= 4 is 11.7 Å². The highest BCUT2D eigenvalue weighted by Crippen LogP contribution is 2.16. The average molecular weight is 169 g/mol. The van der Waals surface area contributed by atoms with Gasteiger partial charge in [0.2, 0.25) is 5.91 Å². The zero-order valence-corrected chi connectivity index (χ0v) is 7.67. The molecular formula is C9H15NO2. The number of likely N-dealkylation sites (tertiary alicyclic amines) is 1. The second-order valence-corrected chi connectivity index (χ2v) is 3.46. The van der Waals surface area contributed by atoms with Crippen LogP contribution < -0.4 is 0 Å². The zero-order valence-electron chi connectivity index (χ0n) is 7.67. The van der Waals surface area contributed by atoms with Gasteiger partial charge in [0.1, 0.15) is 5.78 Å². The third-order valence-corrected chi connectivity index (χ3v) is 2.26. The fourth-order valence-corrected chi connectivity index (χ4v) is 1.58. The highest BCUT2D eigenvalue weighted by molar-refractivity contribution is 5.85. The SMILES string of the molecule is CC(=O)CN1C(=O)CCCC1C. The predicted molar refractivity (Wildman–Crippen MR) is 45.7 cm³/mol. The van der Waals surface area contributed by atoms with E-state index in [0.29, 0.717) is 13.0 Å². The largest absolute Gasteiger partial charge is 0.333 e. The normalized spacial score (nSPS) is 24.3. The number of Topliss-reactive ketones (excluding diaryl/α,β-unsaturated/α-hetero) is 1. The highest BCUT2D eigenvalue weighted by Gasteiger charge is 2.24. The van der Waals surface area contributed by atoms with Crippen LogP contribution in [0.15, 0.2) is 0 Å². The predicted octanol–water partition coefficient (Wildman–Crippen LogP) is 0.976. The number of rotatable bonds is 2. The van der Waals surface area contributed by atoms with E-state index >= 15 is 0 Å². The molecule has 1 aliphatic heterocycles. The molecule has 68 valence electrons. The molecular weight excluding hydrogens is 154 g/mol. The summed E-state index contributed by atoms with van der Waals surface area (Å²) in [6.45, 7) is 3.81. The lowest BCUT2D eigenvalue weighted by Crippen LogP contribution is -2.44. The van der Waals surface area contributed by atoms with Gasteiger partial charge in [-0.3, -0.25) is 9.59 Å². The van der Waals surface area contributed by atoms with Gasteiger partial charge in [0.15, 0.2) is 0 Å². The molecule has 1 unspecified atom stereocenters. The number of hydrogen-bond acceptors (Lipinski definition) is 2. The Morgan fingerprint density at radius 1 is 1.67 bits per heavy atom. The molecule has 12 heavy (non-hydrogen) atoms. The number of piperidine rings is 1. The molecule has 1 amide bonds. The van der Waals surface area contributed by atoms with E-state index in [4.69, 9.17) is 0 Å². The van der Waals surface area contributed by atoms with Gasteiger partial charge < -0.3 is 4.90 Å². The van der Waals surface area contributed by atoms with Crippen LogP contribution in [0.3, 0.4) is 0 Å². The van der Waals surface area contributed by atoms with Gasteiger partial charge in [-0.2, -0.15) is 0 Å². The molecule has 3 nitrogen and oxygen atoms in total. The zero-order chi connectivity index (χ0) is 9.14. The van der Waals surface area contributed by atoms with Crippen molar-refractivity contribution in [3.63, 3.8) is 0 Å². The third kappa shape index (κ3) is 2.06. The van der Waals surface area contributed by atoms with E-state index in [9.17, 15) is 9.59 Å².